The molecule has 4 saturated carbocycles. The molecule has 2 nitrogen and oxygen atoms in total. The Labute approximate surface area is 84.8 Å². The molecule has 0 aliphatic heterocycles. The number of carbonyl (C=O) groups is 1. The summed E-state index contributed by atoms with van der Waals surface area (Å²) < 4.78 is 0. The van der Waals surface area contributed by atoms with Crippen molar-refractivity contribution in [3.8, 4) is 0 Å². The lowest BCUT2D eigenvalue weighted by molar-refractivity contribution is -0.102. The first kappa shape index (κ1) is 8.63. The van der Waals surface area contributed by atoms with E-state index in [4.69, 9.17) is 0 Å². The average molecular weight is 191 g/mol. The minimum absolute atomic E-state index is 0.190. The maximum absolute atomic E-state index is 10.3. The third-order valence-corrected chi connectivity index (χ3v) is 4.42. The summed E-state index contributed by atoms with van der Waals surface area (Å²) in [5, 5.41) is 0. The minimum atomic E-state index is 0.190. The molecule has 4 bridgehead atoms. The molecule has 0 unspecified atom stereocenters. The Hall–Kier alpha value is -0.660. The van der Waals surface area contributed by atoms with Crippen LogP contribution in [0.3, 0.4) is 0 Å². The Morgan fingerprint density at radius 2 is 1.50 bits per heavy atom. The van der Waals surface area contributed by atoms with Gasteiger partial charge in [-0.2, -0.15) is 0 Å². The van der Waals surface area contributed by atoms with E-state index in [0.717, 1.165) is 24.0 Å². The summed E-state index contributed by atoms with van der Waals surface area (Å²) in [5.74, 6) is 2.76. The van der Waals surface area contributed by atoms with Crippen LogP contribution in [0.25, 0.3) is 0 Å². The van der Waals surface area contributed by atoms with E-state index < -0.39 is 0 Å². The van der Waals surface area contributed by atoms with Gasteiger partial charge >= 0.3 is 0 Å². The maximum Gasteiger partial charge on any atom is 0.160 e. The second-order valence-electron chi connectivity index (χ2n) is 5.56. The van der Waals surface area contributed by atoms with Crippen molar-refractivity contribution in [1.29, 1.82) is 0 Å². The first-order valence-corrected chi connectivity index (χ1v) is 5.79. The lowest BCUT2D eigenvalue weighted by Gasteiger charge is -2.54. The van der Waals surface area contributed by atoms with E-state index in [-0.39, 0.29) is 5.54 Å². The van der Waals surface area contributed by atoms with Crippen LogP contribution in [0.1, 0.15) is 38.5 Å². The highest BCUT2D eigenvalue weighted by atomic mass is 16.1. The van der Waals surface area contributed by atoms with Gasteiger partial charge < -0.3 is 0 Å². The largest absolute Gasteiger partial charge is 0.297 e. The topological polar surface area (TPSA) is 29.4 Å². The SMILES string of the molecule is O=CC=NC12CC3CC(CC(C3)C1)C2. The van der Waals surface area contributed by atoms with Crippen LogP contribution in [0.5, 0.6) is 0 Å². The van der Waals surface area contributed by atoms with Gasteiger partial charge in [0.05, 0.1) is 11.8 Å². The molecule has 0 radical (unpaired) electrons. The summed E-state index contributed by atoms with van der Waals surface area (Å²) in [6, 6.07) is 0. The molecule has 2 heteroatoms. The fraction of sp³-hybridized carbons (Fsp3) is 0.833. The molecule has 4 aliphatic carbocycles. The van der Waals surface area contributed by atoms with E-state index in [1.54, 1.807) is 0 Å². The average Bonchev–Trinajstić information content (AvgIpc) is 2.12. The summed E-state index contributed by atoms with van der Waals surface area (Å²) in [7, 11) is 0. The Morgan fingerprint density at radius 1 is 1.00 bits per heavy atom. The number of carbonyl (C=O) groups excluding carboxylic acids is 1. The first-order valence-electron chi connectivity index (χ1n) is 5.79. The highest BCUT2D eigenvalue weighted by molar-refractivity contribution is 6.13. The van der Waals surface area contributed by atoms with Crippen LogP contribution in [-0.2, 0) is 4.79 Å². The minimum Gasteiger partial charge on any atom is -0.297 e. The molecular weight excluding hydrogens is 174 g/mol. The summed E-state index contributed by atoms with van der Waals surface area (Å²) in [6.45, 7) is 0. The summed E-state index contributed by atoms with van der Waals surface area (Å²) in [5.41, 5.74) is 0.190. The van der Waals surface area contributed by atoms with E-state index in [9.17, 15) is 4.79 Å². The zero-order chi connectivity index (χ0) is 9.60. The van der Waals surface area contributed by atoms with Crippen LogP contribution in [0.2, 0.25) is 0 Å². The van der Waals surface area contributed by atoms with Crippen molar-refractivity contribution < 1.29 is 4.79 Å². The zero-order valence-corrected chi connectivity index (χ0v) is 8.48. The van der Waals surface area contributed by atoms with Gasteiger partial charge in [0.1, 0.15) is 0 Å². The van der Waals surface area contributed by atoms with Crippen molar-refractivity contribution in [1.82, 2.24) is 0 Å². The van der Waals surface area contributed by atoms with E-state index >= 15 is 0 Å². The number of aliphatic imine (C=N–C) groups is 1. The molecule has 4 aliphatic rings. The summed E-state index contributed by atoms with van der Waals surface area (Å²) in [6.07, 6.45) is 10.4. The van der Waals surface area contributed by atoms with Crippen molar-refractivity contribution in [3.05, 3.63) is 0 Å². The standard InChI is InChI=1S/C12H17NO/c14-2-1-13-12-6-9-3-10(7-12)5-11(4-9)8-12/h1-2,9-11H,3-8H2. The van der Waals surface area contributed by atoms with Crippen molar-refractivity contribution in [3.63, 3.8) is 0 Å². The Bertz CT molecular complexity index is 247. The molecule has 0 aromatic carbocycles. The van der Waals surface area contributed by atoms with Crippen molar-refractivity contribution in [2.75, 3.05) is 0 Å². The predicted molar refractivity (Wildman–Crippen MR) is 55.5 cm³/mol. The van der Waals surface area contributed by atoms with Gasteiger partial charge in [-0.3, -0.25) is 9.79 Å². The number of rotatable bonds is 2. The zero-order valence-electron chi connectivity index (χ0n) is 8.48. The van der Waals surface area contributed by atoms with Gasteiger partial charge in [-0.05, 0) is 56.3 Å². The Morgan fingerprint density at radius 3 is 1.93 bits per heavy atom. The molecule has 0 aromatic heterocycles. The molecule has 76 valence electrons. The third kappa shape index (κ3) is 1.23. The number of hydrogen-bond acceptors (Lipinski definition) is 2. The van der Waals surface area contributed by atoms with Crippen molar-refractivity contribution in [2.24, 2.45) is 22.7 Å². The van der Waals surface area contributed by atoms with Gasteiger partial charge in [-0.1, -0.05) is 0 Å². The lowest BCUT2D eigenvalue weighted by Crippen LogP contribution is -2.49. The quantitative estimate of drug-likeness (QED) is 0.486. The molecular formula is C12H17NO. The first-order chi connectivity index (χ1) is 6.80. The van der Waals surface area contributed by atoms with Crippen LogP contribution in [-0.4, -0.2) is 18.0 Å². The van der Waals surface area contributed by atoms with Crippen molar-refractivity contribution >= 4 is 12.5 Å². The second kappa shape index (κ2) is 2.91. The molecule has 0 spiro atoms. The van der Waals surface area contributed by atoms with Gasteiger partial charge in [0, 0.05) is 0 Å². The highest BCUT2D eigenvalue weighted by Gasteiger charge is 2.50. The van der Waals surface area contributed by atoms with Gasteiger partial charge in [0.25, 0.3) is 0 Å². The summed E-state index contributed by atoms with van der Waals surface area (Å²) >= 11 is 0. The normalized spacial score (nSPS) is 50.1. The fourth-order valence-corrected chi connectivity index (χ4v) is 4.41. The van der Waals surface area contributed by atoms with Gasteiger partial charge in [0.15, 0.2) is 6.29 Å². The van der Waals surface area contributed by atoms with Gasteiger partial charge in [-0.25, -0.2) is 0 Å². The molecule has 0 N–H and O–H groups in total. The predicted octanol–water partition coefficient (Wildman–Crippen LogP) is 2.22. The van der Waals surface area contributed by atoms with E-state index in [1.807, 2.05) is 0 Å². The number of hydrogen-bond donors (Lipinski definition) is 0. The Kier molecular flexibility index (Phi) is 1.80. The van der Waals surface area contributed by atoms with Crippen LogP contribution in [0.15, 0.2) is 4.99 Å². The van der Waals surface area contributed by atoms with Crippen LogP contribution < -0.4 is 0 Å². The van der Waals surface area contributed by atoms with E-state index in [0.29, 0.717) is 0 Å². The molecule has 0 amide bonds. The van der Waals surface area contributed by atoms with Gasteiger partial charge in [-0.15, -0.1) is 0 Å². The molecule has 14 heavy (non-hydrogen) atoms. The van der Waals surface area contributed by atoms with Crippen LogP contribution in [0.4, 0.5) is 0 Å². The fourth-order valence-electron chi connectivity index (χ4n) is 4.41. The monoisotopic (exact) mass is 191 g/mol. The van der Waals surface area contributed by atoms with Crippen LogP contribution in [0, 0.1) is 17.8 Å². The second-order valence-corrected chi connectivity index (χ2v) is 5.56. The Balaban J connectivity index is 1.87. The molecule has 0 aromatic rings. The molecule has 0 atom stereocenters. The molecule has 4 fully saturated rings. The summed E-state index contributed by atoms with van der Waals surface area (Å²) in [4.78, 5) is 14.9. The highest BCUT2D eigenvalue weighted by Crippen LogP contribution is 2.57. The lowest BCUT2D eigenvalue weighted by atomic mass is 9.53. The van der Waals surface area contributed by atoms with Crippen molar-refractivity contribution in [2.45, 2.75) is 44.1 Å². The molecule has 4 rings (SSSR count). The maximum atomic E-state index is 10.3. The number of nitrogens with zero attached hydrogens (tertiary/aromatic N) is 1. The molecule has 0 heterocycles. The smallest absolute Gasteiger partial charge is 0.160 e. The van der Waals surface area contributed by atoms with E-state index in [1.165, 1.54) is 44.7 Å². The van der Waals surface area contributed by atoms with Crippen LogP contribution >= 0.6 is 0 Å². The van der Waals surface area contributed by atoms with E-state index in [2.05, 4.69) is 4.99 Å². The third-order valence-electron chi connectivity index (χ3n) is 4.42. The number of aldehydes is 1. The van der Waals surface area contributed by atoms with Gasteiger partial charge in [0.2, 0.25) is 0 Å². The molecule has 0 saturated heterocycles.